The summed E-state index contributed by atoms with van der Waals surface area (Å²) in [5.74, 6) is 0.433. The van der Waals surface area contributed by atoms with Gasteiger partial charge in [-0.25, -0.2) is 0 Å². The summed E-state index contributed by atoms with van der Waals surface area (Å²) in [5, 5.41) is 6.57. The average Bonchev–Trinajstić information content (AvgIpc) is 2.55. The van der Waals surface area contributed by atoms with E-state index in [1.807, 2.05) is 6.92 Å². The molecule has 1 fully saturated rings. The van der Waals surface area contributed by atoms with Crippen LogP contribution in [0, 0.1) is 5.92 Å². The van der Waals surface area contributed by atoms with Crippen LogP contribution in [-0.2, 0) is 4.79 Å². The number of amides is 1. The van der Waals surface area contributed by atoms with Crippen molar-refractivity contribution in [3.05, 3.63) is 24.3 Å². The number of hydrogen-bond acceptors (Lipinski definition) is 3. The Morgan fingerprint density at radius 3 is 2.59 bits per heavy atom. The number of benzene rings is 1. The van der Waals surface area contributed by atoms with Crippen molar-refractivity contribution in [2.24, 2.45) is 5.92 Å². The molecule has 122 valence electrons. The van der Waals surface area contributed by atoms with Crippen molar-refractivity contribution in [3.63, 3.8) is 0 Å². The van der Waals surface area contributed by atoms with Gasteiger partial charge in [-0.3, -0.25) is 4.79 Å². The summed E-state index contributed by atoms with van der Waals surface area (Å²) in [4.78, 5) is 14.1. The van der Waals surface area contributed by atoms with E-state index in [1.165, 1.54) is 11.4 Å². The lowest BCUT2D eigenvalue weighted by Gasteiger charge is -2.29. The zero-order valence-electron chi connectivity index (χ0n) is 14.1. The molecule has 0 atom stereocenters. The minimum absolute atomic E-state index is 0.204. The van der Waals surface area contributed by atoms with E-state index < -0.39 is 0 Å². The Morgan fingerprint density at radius 1 is 1.23 bits per heavy atom. The van der Waals surface area contributed by atoms with Crippen LogP contribution in [0.4, 0.5) is 11.4 Å². The minimum atomic E-state index is 0.204. The van der Waals surface area contributed by atoms with Crippen LogP contribution in [-0.4, -0.2) is 32.1 Å². The zero-order valence-corrected chi connectivity index (χ0v) is 14.1. The average molecular weight is 303 g/mol. The van der Waals surface area contributed by atoms with Crippen LogP contribution < -0.4 is 15.5 Å². The second kappa shape index (κ2) is 8.06. The number of carbonyl (C=O) groups is 1. The van der Waals surface area contributed by atoms with Gasteiger partial charge in [0.15, 0.2) is 0 Å². The van der Waals surface area contributed by atoms with E-state index in [2.05, 4.69) is 53.8 Å². The molecule has 4 nitrogen and oxygen atoms in total. The number of rotatable bonds is 6. The maximum atomic E-state index is 11.9. The highest BCUT2D eigenvalue weighted by Gasteiger charge is 2.25. The SMILES string of the molecule is CCNC(=O)C1CCC(Nc2cccc(N(C)CC)c2)CC1. The summed E-state index contributed by atoms with van der Waals surface area (Å²) in [6, 6.07) is 9.06. The lowest BCUT2D eigenvalue weighted by Crippen LogP contribution is -2.35. The molecule has 2 rings (SSSR count). The molecular formula is C18H29N3O. The maximum absolute atomic E-state index is 11.9. The summed E-state index contributed by atoms with van der Waals surface area (Å²) in [6.45, 7) is 5.87. The quantitative estimate of drug-likeness (QED) is 0.848. The molecule has 0 unspecified atom stereocenters. The predicted molar refractivity (Wildman–Crippen MR) is 93.4 cm³/mol. The van der Waals surface area contributed by atoms with Gasteiger partial charge < -0.3 is 15.5 Å². The monoisotopic (exact) mass is 303 g/mol. The van der Waals surface area contributed by atoms with E-state index in [9.17, 15) is 4.79 Å². The molecule has 0 radical (unpaired) electrons. The van der Waals surface area contributed by atoms with Crippen molar-refractivity contribution in [1.29, 1.82) is 0 Å². The van der Waals surface area contributed by atoms with Gasteiger partial charge in [-0.2, -0.15) is 0 Å². The Bertz CT molecular complexity index is 481. The molecule has 0 bridgehead atoms. The van der Waals surface area contributed by atoms with E-state index in [4.69, 9.17) is 0 Å². The molecule has 2 N–H and O–H groups in total. The van der Waals surface area contributed by atoms with Gasteiger partial charge in [0.05, 0.1) is 0 Å². The van der Waals surface area contributed by atoms with E-state index in [0.29, 0.717) is 6.04 Å². The van der Waals surface area contributed by atoms with Gasteiger partial charge in [0.1, 0.15) is 0 Å². The van der Waals surface area contributed by atoms with Crippen molar-refractivity contribution in [3.8, 4) is 0 Å². The Balaban J connectivity index is 1.87. The molecule has 22 heavy (non-hydrogen) atoms. The van der Waals surface area contributed by atoms with Gasteiger partial charge >= 0.3 is 0 Å². The van der Waals surface area contributed by atoms with Gasteiger partial charge in [0, 0.05) is 43.5 Å². The number of nitrogens with one attached hydrogen (secondary N) is 2. The lowest BCUT2D eigenvalue weighted by molar-refractivity contribution is -0.125. The van der Waals surface area contributed by atoms with Crippen molar-refractivity contribution in [2.75, 3.05) is 30.4 Å². The summed E-state index contributed by atoms with van der Waals surface area (Å²) < 4.78 is 0. The molecule has 0 aliphatic heterocycles. The highest BCUT2D eigenvalue weighted by atomic mass is 16.1. The summed E-state index contributed by atoms with van der Waals surface area (Å²) in [6.07, 6.45) is 4.10. The van der Waals surface area contributed by atoms with Crippen LogP contribution in [0.1, 0.15) is 39.5 Å². The van der Waals surface area contributed by atoms with Crippen LogP contribution in [0.5, 0.6) is 0 Å². The third-order valence-electron chi connectivity index (χ3n) is 4.58. The van der Waals surface area contributed by atoms with Crippen LogP contribution in [0.2, 0.25) is 0 Å². The van der Waals surface area contributed by atoms with Crippen molar-refractivity contribution < 1.29 is 4.79 Å². The fourth-order valence-corrected chi connectivity index (χ4v) is 3.07. The number of anilines is 2. The minimum Gasteiger partial charge on any atom is -0.382 e. The Morgan fingerprint density at radius 2 is 1.95 bits per heavy atom. The first-order valence-electron chi connectivity index (χ1n) is 8.49. The number of hydrogen-bond donors (Lipinski definition) is 2. The standard InChI is InChI=1S/C18H29N3O/c1-4-19-18(22)14-9-11-15(12-10-14)20-16-7-6-8-17(13-16)21(3)5-2/h6-8,13-15,20H,4-5,9-12H2,1-3H3,(H,19,22). The summed E-state index contributed by atoms with van der Waals surface area (Å²) >= 11 is 0. The Labute approximate surface area is 134 Å². The van der Waals surface area contributed by atoms with E-state index in [1.54, 1.807) is 0 Å². The molecule has 1 saturated carbocycles. The van der Waals surface area contributed by atoms with Crippen molar-refractivity contribution in [1.82, 2.24) is 5.32 Å². The van der Waals surface area contributed by atoms with Gasteiger partial charge in [-0.15, -0.1) is 0 Å². The van der Waals surface area contributed by atoms with Gasteiger partial charge in [-0.1, -0.05) is 6.07 Å². The first-order valence-corrected chi connectivity index (χ1v) is 8.49. The van der Waals surface area contributed by atoms with Crippen molar-refractivity contribution >= 4 is 17.3 Å². The first kappa shape index (κ1) is 16.7. The lowest BCUT2D eigenvalue weighted by atomic mass is 9.85. The van der Waals surface area contributed by atoms with Crippen LogP contribution in [0.25, 0.3) is 0 Å². The van der Waals surface area contributed by atoms with E-state index in [0.717, 1.165) is 38.8 Å². The molecule has 0 spiro atoms. The molecular weight excluding hydrogens is 274 g/mol. The maximum Gasteiger partial charge on any atom is 0.223 e. The fraction of sp³-hybridized carbons (Fsp3) is 0.611. The fourth-order valence-electron chi connectivity index (χ4n) is 3.07. The number of nitrogens with zero attached hydrogens (tertiary/aromatic N) is 1. The first-order chi connectivity index (χ1) is 10.6. The third kappa shape index (κ3) is 4.39. The molecule has 0 saturated heterocycles. The molecule has 1 amide bonds. The van der Waals surface area contributed by atoms with Crippen LogP contribution in [0.15, 0.2) is 24.3 Å². The van der Waals surface area contributed by atoms with E-state index >= 15 is 0 Å². The van der Waals surface area contributed by atoms with Crippen LogP contribution in [0.3, 0.4) is 0 Å². The largest absolute Gasteiger partial charge is 0.382 e. The van der Waals surface area contributed by atoms with Crippen LogP contribution >= 0.6 is 0 Å². The highest BCUT2D eigenvalue weighted by molar-refractivity contribution is 5.78. The Kier molecular flexibility index (Phi) is 6.10. The van der Waals surface area contributed by atoms with Gasteiger partial charge in [0.2, 0.25) is 5.91 Å². The number of carbonyl (C=O) groups excluding carboxylic acids is 1. The topological polar surface area (TPSA) is 44.4 Å². The zero-order chi connectivity index (χ0) is 15.9. The second-order valence-electron chi connectivity index (χ2n) is 6.15. The van der Waals surface area contributed by atoms with Gasteiger partial charge in [-0.05, 0) is 57.7 Å². The van der Waals surface area contributed by atoms with Gasteiger partial charge in [0.25, 0.3) is 0 Å². The predicted octanol–water partition coefficient (Wildman–Crippen LogP) is 3.25. The Hall–Kier alpha value is -1.71. The molecule has 1 aliphatic carbocycles. The molecule has 0 aromatic heterocycles. The summed E-state index contributed by atoms with van der Waals surface area (Å²) in [5.41, 5.74) is 2.42. The third-order valence-corrected chi connectivity index (χ3v) is 4.58. The van der Waals surface area contributed by atoms with E-state index in [-0.39, 0.29) is 11.8 Å². The molecule has 0 heterocycles. The highest BCUT2D eigenvalue weighted by Crippen LogP contribution is 2.28. The molecule has 1 aromatic carbocycles. The molecule has 4 heteroatoms. The molecule has 1 aromatic rings. The molecule has 1 aliphatic rings. The normalized spacial score (nSPS) is 21.2. The van der Waals surface area contributed by atoms with Crippen molar-refractivity contribution in [2.45, 2.75) is 45.6 Å². The summed E-state index contributed by atoms with van der Waals surface area (Å²) in [7, 11) is 2.11. The smallest absolute Gasteiger partial charge is 0.223 e. The second-order valence-corrected chi connectivity index (χ2v) is 6.15.